The SMILES string of the molecule is [CH2]CC/C=C\C/C=C\C/C=C\C/C=C\CCCCC. The lowest BCUT2D eigenvalue weighted by Crippen LogP contribution is -1.70. The average Bonchev–Trinajstić information content (AvgIpc) is 2.43. The van der Waals surface area contributed by atoms with Crippen LogP contribution < -0.4 is 0 Å². The van der Waals surface area contributed by atoms with E-state index in [9.17, 15) is 0 Å². The van der Waals surface area contributed by atoms with E-state index in [2.05, 4.69) is 62.5 Å². The van der Waals surface area contributed by atoms with E-state index >= 15 is 0 Å². The molecule has 0 aromatic carbocycles. The second kappa shape index (κ2) is 17.0. The summed E-state index contributed by atoms with van der Waals surface area (Å²) >= 11 is 0. The molecule has 0 heteroatoms. The van der Waals surface area contributed by atoms with Crippen molar-refractivity contribution in [2.75, 3.05) is 0 Å². The molecule has 0 atom stereocenters. The number of rotatable bonds is 12. The predicted molar refractivity (Wildman–Crippen MR) is 89.1 cm³/mol. The van der Waals surface area contributed by atoms with Gasteiger partial charge < -0.3 is 0 Å². The Morgan fingerprint density at radius 2 is 1.11 bits per heavy atom. The van der Waals surface area contributed by atoms with Crippen molar-refractivity contribution in [2.45, 2.75) is 64.7 Å². The fourth-order valence-electron chi connectivity index (χ4n) is 1.68. The minimum absolute atomic E-state index is 0.995. The summed E-state index contributed by atoms with van der Waals surface area (Å²) in [5.74, 6) is 0. The smallest absolute Gasteiger partial charge is 0.0169 e. The summed E-state index contributed by atoms with van der Waals surface area (Å²) < 4.78 is 0. The van der Waals surface area contributed by atoms with Crippen LogP contribution in [0, 0.1) is 6.92 Å². The topological polar surface area (TPSA) is 0 Å². The van der Waals surface area contributed by atoms with Gasteiger partial charge in [0.2, 0.25) is 0 Å². The van der Waals surface area contributed by atoms with Crippen LogP contribution in [0.15, 0.2) is 48.6 Å². The molecule has 0 aliphatic heterocycles. The normalized spacial score (nSPS) is 12.7. The van der Waals surface area contributed by atoms with E-state index in [0.717, 1.165) is 32.1 Å². The van der Waals surface area contributed by atoms with E-state index in [1.165, 1.54) is 25.7 Å². The van der Waals surface area contributed by atoms with E-state index in [1.807, 2.05) is 0 Å². The fraction of sp³-hybridized carbons (Fsp3) is 0.526. The average molecular weight is 259 g/mol. The van der Waals surface area contributed by atoms with Gasteiger partial charge in [-0.05, 0) is 44.9 Å². The molecular weight excluding hydrogens is 228 g/mol. The highest BCUT2D eigenvalue weighted by Crippen LogP contribution is 2.00. The third-order valence-corrected chi connectivity index (χ3v) is 2.83. The van der Waals surface area contributed by atoms with Crippen LogP contribution in [0.2, 0.25) is 0 Å². The Kier molecular flexibility index (Phi) is 16.0. The minimum Gasteiger partial charge on any atom is -0.0882 e. The Morgan fingerprint density at radius 1 is 0.632 bits per heavy atom. The number of hydrogen-bond acceptors (Lipinski definition) is 0. The molecule has 0 unspecified atom stereocenters. The first-order valence-corrected chi connectivity index (χ1v) is 7.81. The van der Waals surface area contributed by atoms with Gasteiger partial charge in [-0.2, -0.15) is 0 Å². The van der Waals surface area contributed by atoms with Crippen molar-refractivity contribution in [3.05, 3.63) is 55.5 Å². The van der Waals surface area contributed by atoms with Crippen molar-refractivity contribution in [3.63, 3.8) is 0 Å². The third kappa shape index (κ3) is 17.0. The van der Waals surface area contributed by atoms with E-state index in [4.69, 9.17) is 0 Å². The molecule has 1 radical (unpaired) electrons. The Hall–Kier alpha value is -1.04. The summed E-state index contributed by atoms with van der Waals surface area (Å²) in [6.07, 6.45) is 28.4. The van der Waals surface area contributed by atoms with Crippen LogP contribution in [-0.2, 0) is 0 Å². The van der Waals surface area contributed by atoms with E-state index in [0.29, 0.717) is 0 Å². The lowest BCUT2D eigenvalue weighted by molar-refractivity contribution is 0.728. The maximum absolute atomic E-state index is 3.81. The van der Waals surface area contributed by atoms with Crippen molar-refractivity contribution in [3.8, 4) is 0 Å². The second-order valence-electron chi connectivity index (χ2n) is 4.73. The molecule has 0 aliphatic carbocycles. The maximum atomic E-state index is 3.81. The Balaban J connectivity index is 3.35. The van der Waals surface area contributed by atoms with Crippen molar-refractivity contribution in [2.24, 2.45) is 0 Å². The van der Waals surface area contributed by atoms with E-state index in [-0.39, 0.29) is 0 Å². The molecule has 0 nitrogen and oxygen atoms in total. The van der Waals surface area contributed by atoms with E-state index in [1.54, 1.807) is 0 Å². The molecule has 0 fully saturated rings. The van der Waals surface area contributed by atoms with Crippen molar-refractivity contribution in [1.29, 1.82) is 0 Å². The molecule has 19 heavy (non-hydrogen) atoms. The molecule has 0 aromatic rings. The monoisotopic (exact) mass is 259 g/mol. The number of unbranched alkanes of at least 4 members (excludes halogenated alkanes) is 4. The highest BCUT2D eigenvalue weighted by atomic mass is 13.9. The highest BCUT2D eigenvalue weighted by Gasteiger charge is 1.80. The third-order valence-electron chi connectivity index (χ3n) is 2.83. The molecule has 0 aliphatic rings. The lowest BCUT2D eigenvalue weighted by Gasteiger charge is -1.90. The maximum Gasteiger partial charge on any atom is -0.0169 e. The van der Waals surface area contributed by atoms with Gasteiger partial charge in [-0.3, -0.25) is 0 Å². The second-order valence-corrected chi connectivity index (χ2v) is 4.73. The summed E-state index contributed by atoms with van der Waals surface area (Å²) in [4.78, 5) is 0. The van der Waals surface area contributed by atoms with Crippen LogP contribution in [0.3, 0.4) is 0 Å². The predicted octanol–water partition coefficient (Wildman–Crippen LogP) is 6.58. The Labute approximate surface area is 121 Å². The molecule has 107 valence electrons. The molecule has 0 saturated heterocycles. The Morgan fingerprint density at radius 3 is 1.58 bits per heavy atom. The van der Waals surface area contributed by atoms with E-state index < -0.39 is 0 Å². The molecule has 0 bridgehead atoms. The zero-order valence-corrected chi connectivity index (χ0v) is 12.7. The largest absolute Gasteiger partial charge is 0.0882 e. The first kappa shape index (κ1) is 18.0. The zero-order valence-electron chi connectivity index (χ0n) is 12.7. The first-order chi connectivity index (χ1) is 9.41. The van der Waals surface area contributed by atoms with Crippen LogP contribution in [0.1, 0.15) is 64.7 Å². The van der Waals surface area contributed by atoms with Gasteiger partial charge in [0.05, 0.1) is 0 Å². The quantitative estimate of drug-likeness (QED) is 0.274. The van der Waals surface area contributed by atoms with Crippen molar-refractivity contribution >= 4 is 0 Å². The molecule has 0 amide bonds. The molecule has 0 N–H and O–H groups in total. The molecule has 0 rings (SSSR count). The Bertz CT molecular complexity index is 266. The van der Waals surface area contributed by atoms with Gasteiger partial charge in [-0.1, -0.05) is 75.3 Å². The standard InChI is InChI=1S/C19H31/c1-3-5-7-9-11-13-15-17-19-18-16-14-12-10-8-6-4-2/h7,9,12-15,18-19H,1,3-6,8,10-11,16-17H2,2H3/b9-7-,14-12-,15-13-,19-18-. The van der Waals surface area contributed by atoms with Crippen molar-refractivity contribution in [1.82, 2.24) is 0 Å². The van der Waals surface area contributed by atoms with Gasteiger partial charge in [0, 0.05) is 0 Å². The van der Waals surface area contributed by atoms with Gasteiger partial charge in [-0.15, -0.1) is 0 Å². The van der Waals surface area contributed by atoms with Crippen LogP contribution in [0.25, 0.3) is 0 Å². The zero-order chi connectivity index (χ0) is 14.0. The first-order valence-electron chi connectivity index (χ1n) is 7.81. The van der Waals surface area contributed by atoms with Gasteiger partial charge in [0.1, 0.15) is 0 Å². The highest BCUT2D eigenvalue weighted by molar-refractivity contribution is 4.99. The minimum atomic E-state index is 0.995. The van der Waals surface area contributed by atoms with Gasteiger partial charge in [-0.25, -0.2) is 0 Å². The fourth-order valence-corrected chi connectivity index (χ4v) is 1.68. The number of hydrogen-bond donors (Lipinski definition) is 0. The molecule has 0 spiro atoms. The van der Waals surface area contributed by atoms with Crippen LogP contribution in [0.5, 0.6) is 0 Å². The lowest BCUT2D eigenvalue weighted by atomic mass is 10.2. The molecular formula is C19H31. The summed E-state index contributed by atoms with van der Waals surface area (Å²) in [6, 6.07) is 0. The summed E-state index contributed by atoms with van der Waals surface area (Å²) in [5, 5.41) is 0. The summed E-state index contributed by atoms with van der Waals surface area (Å²) in [6.45, 7) is 6.05. The van der Waals surface area contributed by atoms with Crippen LogP contribution in [0.4, 0.5) is 0 Å². The summed E-state index contributed by atoms with van der Waals surface area (Å²) in [7, 11) is 0. The van der Waals surface area contributed by atoms with Crippen LogP contribution >= 0.6 is 0 Å². The van der Waals surface area contributed by atoms with Gasteiger partial charge >= 0.3 is 0 Å². The molecule has 0 aromatic heterocycles. The van der Waals surface area contributed by atoms with Crippen molar-refractivity contribution < 1.29 is 0 Å². The van der Waals surface area contributed by atoms with Crippen LogP contribution in [-0.4, -0.2) is 0 Å². The number of allylic oxidation sites excluding steroid dienone is 8. The van der Waals surface area contributed by atoms with Gasteiger partial charge in [0.15, 0.2) is 0 Å². The molecule has 0 saturated carbocycles. The summed E-state index contributed by atoms with van der Waals surface area (Å²) in [5.41, 5.74) is 0. The van der Waals surface area contributed by atoms with Gasteiger partial charge in [0.25, 0.3) is 0 Å². The molecule has 0 heterocycles.